The number of nitrogens with zero attached hydrogens (tertiary/aromatic N) is 4. The Kier molecular flexibility index (Phi) is 3.53. The number of fused-ring (bicyclic) bond motifs is 1. The molecule has 2 N–H and O–H groups in total. The lowest BCUT2D eigenvalue weighted by atomic mass is 10.1. The van der Waals surface area contributed by atoms with E-state index >= 15 is 0 Å². The van der Waals surface area contributed by atoms with E-state index in [1.54, 1.807) is 0 Å². The van der Waals surface area contributed by atoms with Crippen molar-refractivity contribution in [2.24, 2.45) is 5.73 Å². The zero-order chi connectivity index (χ0) is 13.3. The van der Waals surface area contributed by atoms with Crippen LogP contribution in [0, 0.1) is 0 Å². The van der Waals surface area contributed by atoms with Crippen molar-refractivity contribution in [3.05, 3.63) is 10.8 Å². The van der Waals surface area contributed by atoms with Crippen molar-refractivity contribution in [2.75, 3.05) is 0 Å². The van der Waals surface area contributed by atoms with E-state index in [1.165, 1.54) is 0 Å². The molecule has 0 fully saturated rings. The van der Waals surface area contributed by atoms with Gasteiger partial charge in [0.1, 0.15) is 5.01 Å². The molecule has 5 nitrogen and oxygen atoms in total. The number of nitrogens with two attached hydrogens (primary N) is 1. The van der Waals surface area contributed by atoms with Crippen LogP contribution in [-0.4, -0.2) is 25.9 Å². The number of aromatic nitrogens is 4. The lowest BCUT2D eigenvalue weighted by Gasteiger charge is -2.06. The van der Waals surface area contributed by atoms with Crippen LogP contribution in [0.25, 0.3) is 4.96 Å². The first-order valence-electron chi connectivity index (χ1n) is 5.45. The van der Waals surface area contributed by atoms with Crippen LogP contribution in [0.15, 0.2) is 0 Å². The molecule has 0 amide bonds. The van der Waals surface area contributed by atoms with E-state index in [-0.39, 0.29) is 11.0 Å². The first-order valence-corrected chi connectivity index (χ1v) is 6.27. The van der Waals surface area contributed by atoms with E-state index in [2.05, 4.69) is 15.3 Å². The predicted molar refractivity (Wildman–Crippen MR) is 60.2 cm³/mol. The summed E-state index contributed by atoms with van der Waals surface area (Å²) in [6.45, 7) is 2.00. The summed E-state index contributed by atoms with van der Waals surface area (Å²) in [6.07, 6.45) is -2.35. The molecule has 0 bridgehead atoms. The molecule has 0 aliphatic carbocycles. The summed E-state index contributed by atoms with van der Waals surface area (Å²) in [4.78, 5) is 0.140. The molecule has 2 heterocycles. The van der Waals surface area contributed by atoms with Crippen molar-refractivity contribution >= 4 is 16.3 Å². The van der Waals surface area contributed by atoms with E-state index in [4.69, 9.17) is 5.73 Å². The fraction of sp³-hybridized carbons (Fsp3) is 0.667. The average molecular weight is 279 g/mol. The highest BCUT2D eigenvalue weighted by atomic mass is 32.1. The maximum absolute atomic E-state index is 12.6. The molecule has 0 saturated heterocycles. The van der Waals surface area contributed by atoms with Gasteiger partial charge < -0.3 is 5.73 Å². The Hall–Kier alpha value is -1.22. The second kappa shape index (κ2) is 4.81. The molecule has 1 atom stereocenters. The van der Waals surface area contributed by atoms with Gasteiger partial charge in [-0.25, -0.2) is 0 Å². The number of rotatable bonds is 4. The van der Waals surface area contributed by atoms with Gasteiger partial charge in [0, 0.05) is 12.5 Å². The summed E-state index contributed by atoms with van der Waals surface area (Å²) in [5.74, 6) is -1.09. The third kappa shape index (κ3) is 2.61. The maximum Gasteiger partial charge on any atom is 0.453 e. The van der Waals surface area contributed by atoms with E-state index in [0.717, 1.165) is 28.7 Å². The van der Waals surface area contributed by atoms with Gasteiger partial charge in [0.15, 0.2) is 0 Å². The van der Waals surface area contributed by atoms with Gasteiger partial charge in [0.25, 0.3) is 5.82 Å². The smallest absolute Gasteiger partial charge is 0.327 e. The molecule has 2 aromatic rings. The van der Waals surface area contributed by atoms with Crippen molar-refractivity contribution in [1.82, 2.24) is 19.8 Å². The van der Waals surface area contributed by atoms with Crippen LogP contribution in [-0.2, 0) is 12.6 Å². The number of alkyl halides is 3. The second-order valence-electron chi connectivity index (χ2n) is 3.96. The second-order valence-corrected chi connectivity index (χ2v) is 5.00. The standard InChI is InChI=1S/C9H12F3N5S/c1-2-3-5(13)4-6-16-17-7(9(10,11)12)14-15-8(17)18-6/h5H,2-4,13H2,1H3. The molecule has 0 saturated carbocycles. The molecule has 0 spiro atoms. The first kappa shape index (κ1) is 13.2. The van der Waals surface area contributed by atoms with Gasteiger partial charge in [0.2, 0.25) is 4.96 Å². The summed E-state index contributed by atoms with van der Waals surface area (Å²) >= 11 is 1.09. The highest BCUT2D eigenvalue weighted by molar-refractivity contribution is 7.16. The molecular formula is C9H12F3N5S. The molecule has 0 aromatic carbocycles. The molecule has 2 rings (SSSR count). The van der Waals surface area contributed by atoms with Gasteiger partial charge in [-0.3, -0.25) is 0 Å². The molecule has 1 unspecified atom stereocenters. The Morgan fingerprint density at radius 3 is 2.72 bits per heavy atom. The topological polar surface area (TPSA) is 69.1 Å². The van der Waals surface area contributed by atoms with Gasteiger partial charge >= 0.3 is 6.18 Å². The third-order valence-corrected chi connectivity index (χ3v) is 3.30. The summed E-state index contributed by atoms with van der Waals surface area (Å²) < 4.78 is 38.4. The fourth-order valence-electron chi connectivity index (χ4n) is 1.61. The summed E-state index contributed by atoms with van der Waals surface area (Å²) in [5.41, 5.74) is 5.83. The third-order valence-electron chi connectivity index (χ3n) is 2.38. The van der Waals surface area contributed by atoms with Crippen LogP contribution in [0.4, 0.5) is 13.2 Å². The molecule has 18 heavy (non-hydrogen) atoms. The largest absolute Gasteiger partial charge is 0.453 e. The first-order chi connectivity index (χ1) is 8.41. The fourth-order valence-corrected chi connectivity index (χ4v) is 2.54. The minimum Gasteiger partial charge on any atom is -0.327 e. The van der Waals surface area contributed by atoms with Gasteiger partial charge in [-0.1, -0.05) is 24.7 Å². The predicted octanol–water partition coefficient (Wildman–Crippen LogP) is 1.87. The van der Waals surface area contributed by atoms with Crippen molar-refractivity contribution in [3.8, 4) is 0 Å². The Morgan fingerprint density at radius 1 is 1.39 bits per heavy atom. The zero-order valence-electron chi connectivity index (χ0n) is 9.61. The van der Waals surface area contributed by atoms with Gasteiger partial charge in [-0.15, -0.1) is 10.2 Å². The summed E-state index contributed by atoms with van der Waals surface area (Å²) in [5, 5.41) is 11.0. The van der Waals surface area contributed by atoms with Crippen molar-refractivity contribution < 1.29 is 13.2 Å². The summed E-state index contributed by atoms with van der Waals surface area (Å²) in [7, 11) is 0. The van der Waals surface area contributed by atoms with E-state index < -0.39 is 12.0 Å². The molecule has 0 radical (unpaired) electrons. The molecular weight excluding hydrogens is 267 g/mol. The van der Waals surface area contributed by atoms with E-state index in [0.29, 0.717) is 11.4 Å². The van der Waals surface area contributed by atoms with Gasteiger partial charge in [-0.2, -0.15) is 22.8 Å². The molecule has 9 heteroatoms. The Bertz CT molecular complexity index is 532. The molecule has 100 valence electrons. The highest BCUT2D eigenvalue weighted by Crippen LogP contribution is 2.29. The van der Waals surface area contributed by atoms with Crippen LogP contribution in [0.5, 0.6) is 0 Å². The SMILES string of the molecule is CCCC(N)Cc1nn2c(C(F)(F)F)nnc2s1. The van der Waals surface area contributed by atoms with Gasteiger partial charge in [-0.05, 0) is 6.42 Å². The van der Waals surface area contributed by atoms with Crippen LogP contribution >= 0.6 is 11.3 Å². The van der Waals surface area contributed by atoms with Crippen molar-refractivity contribution in [2.45, 2.75) is 38.4 Å². The monoisotopic (exact) mass is 279 g/mol. The Morgan fingerprint density at radius 2 is 2.11 bits per heavy atom. The minimum atomic E-state index is -4.55. The van der Waals surface area contributed by atoms with Gasteiger partial charge in [0.05, 0.1) is 0 Å². The quantitative estimate of drug-likeness (QED) is 0.927. The Labute approximate surface area is 105 Å². The lowest BCUT2D eigenvalue weighted by molar-refractivity contribution is -0.146. The average Bonchev–Trinajstić information content (AvgIpc) is 2.74. The normalized spacial score (nSPS) is 14.3. The van der Waals surface area contributed by atoms with Crippen LogP contribution in [0.1, 0.15) is 30.6 Å². The maximum atomic E-state index is 12.6. The van der Waals surface area contributed by atoms with E-state index in [1.807, 2.05) is 6.92 Å². The van der Waals surface area contributed by atoms with Crippen molar-refractivity contribution in [1.29, 1.82) is 0 Å². The molecule has 2 aromatic heterocycles. The minimum absolute atomic E-state index is 0.0897. The number of hydrogen-bond acceptors (Lipinski definition) is 5. The van der Waals surface area contributed by atoms with E-state index in [9.17, 15) is 13.2 Å². The highest BCUT2D eigenvalue weighted by Gasteiger charge is 2.38. The lowest BCUT2D eigenvalue weighted by Crippen LogP contribution is -2.22. The number of hydrogen-bond donors (Lipinski definition) is 1. The van der Waals surface area contributed by atoms with Crippen LogP contribution in [0.3, 0.4) is 0 Å². The van der Waals surface area contributed by atoms with Crippen LogP contribution < -0.4 is 5.73 Å². The molecule has 0 aliphatic rings. The summed E-state index contributed by atoms with van der Waals surface area (Å²) in [6, 6.07) is -0.0897. The number of halogens is 3. The van der Waals surface area contributed by atoms with Crippen LogP contribution in [0.2, 0.25) is 0 Å². The van der Waals surface area contributed by atoms with Crippen molar-refractivity contribution in [3.63, 3.8) is 0 Å². The Balaban J connectivity index is 2.26. The molecule has 0 aliphatic heterocycles. The zero-order valence-corrected chi connectivity index (χ0v) is 10.4.